The van der Waals surface area contributed by atoms with Crippen LogP contribution >= 0.6 is 0 Å². The molecule has 4 rings (SSSR count). The van der Waals surface area contributed by atoms with Crippen LogP contribution in [-0.2, 0) is 20.7 Å². The van der Waals surface area contributed by atoms with Crippen LogP contribution in [0.1, 0.15) is 56.8 Å². The second kappa shape index (κ2) is 9.74. The summed E-state index contributed by atoms with van der Waals surface area (Å²) >= 11 is 0. The van der Waals surface area contributed by atoms with E-state index in [2.05, 4.69) is 11.4 Å². The third-order valence-electron chi connectivity index (χ3n) is 6.48. The molecule has 7 heteroatoms. The number of hydrogen-bond acceptors (Lipinski definition) is 4. The number of carbonyl (C=O) groups excluding carboxylic acids is 2. The Kier molecular flexibility index (Phi) is 6.94. The minimum atomic E-state index is -0.597. The van der Waals surface area contributed by atoms with Gasteiger partial charge in [-0.1, -0.05) is 43.3 Å². The number of nitrogens with one attached hydrogen (secondary N) is 1. The number of fused-ring (bicyclic) bond motifs is 1. The Morgan fingerprint density at radius 1 is 1.12 bits per heavy atom. The number of halogens is 1. The van der Waals surface area contributed by atoms with Crippen LogP contribution in [0.4, 0.5) is 9.18 Å². The van der Waals surface area contributed by atoms with Gasteiger partial charge in [0.1, 0.15) is 17.5 Å². The van der Waals surface area contributed by atoms with Crippen molar-refractivity contribution in [1.29, 1.82) is 0 Å². The normalized spacial score (nSPS) is 24.8. The molecule has 0 aliphatic carbocycles. The Bertz CT molecular complexity index is 1030. The van der Waals surface area contributed by atoms with Crippen LogP contribution in [0, 0.1) is 11.7 Å². The molecular formula is C27H33FN2O4. The summed E-state index contributed by atoms with van der Waals surface area (Å²) in [6.45, 7) is 8.26. The molecule has 2 aliphatic rings. The zero-order valence-corrected chi connectivity index (χ0v) is 20.2. The Morgan fingerprint density at radius 2 is 1.82 bits per heavy atom. The number of amides is 2. The first-order valence-corrected chi connectivity index (χ1v) is 11.9. The third-order valence-corrected chi connectivity index (χ3v) is 6.48. The highest BCUT2D eigenvalue weighted by Crippen LogP contribution is 2.36. The van der Waals surface area contributed by atoms with Gasteiger partial charge in [0.25, 0.3) is 5.91 Å². The smallest absolute Gasteiger partial charge is 0.407 e. The largest absolute Gasteiger partial charge is 0.444 e. The zero-order chi connectivity index (χ0) is 24.5. The van der Waals surface area contributed by atoms with Gasteiger partial charge < -0.3 is 19.7 Å². The molecule has 182 valence electrons. The quantitative estimate of drug-likeness (QED) is 0.714. The van der Waals surface area contributed by atoms with E-state index in [4.69, 9.17) is 9.47 Å². The van der Waals surface area contributed by atoms with E-state index >= 15 is 0 Å². The molecule has 0 saturated carbocycles. The highest BCUT2D eigenvalue weighted by molar-refractivity contribution is 5.82. The molecule has 2 amide bonds. The first-order valence-electron chi connectivity index (χ1n) is 11.9. The van der Waals surface area contributed by atoms with Gasteiger partial charge in [-0.3, -0.25) is 4.79 Å². The molecular weight excluding hydrogens is 435 g/mol. The van der Waals surface area contributed by atoms with E-state index in [-0.39, 0.29) is 36.3 Å². The van der Waals surface area contributed by atoms with E-state index in [0.29, 0.717) is 13.0 Å². The van der Waals surface area contributed by atoms with Gasteiger partial charge in [-0.2, -0.15) is 0 Å². The molecule has 34 heavy (non-hydrogen) atoms. The van der Waals surface area contributed by atoms with Gasteiger partial charge in [0.05, 0.1) is 18.7 Å². The fraction of sp³-hybridized carbons (Fsp3) is 0.481. The van der Waals surface area contributed by atoms with Gasteiger partial charge in [-0.15, -0.1) is 0 Å². The molecule has 0 bridgehead atoms. The third kappa shape index (κ3) is 5.41. The van der Waals surface area contributed by atoms with Gasteiger partial charge in [-0.25, -0.2) is 9.18 Å². The lowest BCUT2D eigenvalue weighted by Crippen LogP contribution is -2.53. The molecule has 6 nitrogen and oxygen atoms in total. The number of benzene rings is 2. The summed E-state index contributed by atoms with van der Waals surface area (Å²) in [5.74, 6) is -0.346. The van der Waals surface area contributed by atoms with Crippen molar-refractivity contribution in [1.82, 2.24) is 10.2 Å². The Balaban J connectivity index is 1.50. The summed E-state index contributed by atoms with van der Waals surface area (Å²) in [7, 11) is 0. The van der Waals surface area contributed by atoms with Crippen molar-refractivity contribution in [2.75, 3.05) is 13.2 Å². The van der Waals surface area contributed by atoms with Crippen molar-refractivity contribution >= 4 is 12.0 Å². The van der Waals surface area contributed by atoms with Gasteiger partial charge >= 0.3 is 6.09 Å². The van der Waals surface area contributed by atoms with E-state index in [0.717, 1.165) is 17.5 Å². The fourth-order valence-electron chi connectivity index (χ4n) is 4.76. The molecule has 0 spiro atoms. The highest BCUT2D eigenvalue weighted by Gasteiger charge is 2.40. The van der Waals surface area contributed by atoms with Crippen LogP contribution in [0.5, 0.6) is 0 Å². The average Bonchev–Trinajstić information content (AvgIpc) is 2.78. The monoisotopic (exact) mass is 468 g/mol. The number of nitrogens with zero attached hydrogens (tertiary/aromatic N) is 1. The molecule has 2 aromatic rings. The van der Waals surface area contributed by atoms with Crippen molar-refractivity contribution in [3.63, 3.8) is 0 Å². The van der Waals surface area contributed by atoms with Crippen LogP contribution in [-0.4, -0.2) is 47.8 Å². The second-order valence-corrected chi connectivity index (χ2v) is 10.2. The van der Waals surface area contributed by atoms with Crippen molar-refractivity contribution in [2.24, 2.45) is 5.92 Å². The van der Waals surface area contributed by atoms with E-state index in [1.807, 2.05) is 50.8 Å². The SMILES string of the molecule is C[C@@H]1C[C@@H](C(=O)N2CCc3ccccc3[C@@H]2c2ccc(F)cc2)OC[C@@H]1NC(=O)OC(C)(C)C. The molecule has 0 radical (unpaired) electrons. The van der Waals surface area contributed by atoms with E-state index in [1.54, 1.807) is 12.1 Å². The summed E-state index contributed by atoms with van der Waals surface area (Å²) in [5.41, 5.74) is 2.54. The standard InChI is InChI=1S/C27H33FN2O4/c1-17-15-23(33-16-22(17)29-26(32)34-27(2,3)4)25(31)30-14-13-18-7-5-6-8-21(18)24(30)19-9-11-20(28)12-10-19/h5-12,17,22-24H,13-16H2,1-4H3,(H,29,32)/t17-,22+,23+,24+/m1/s1. The molecule has 2 aromatic carbocycles. The van der Waals surface area contributed by atoms with Gasteiger partial charge in [0.2, 0.25) is 0 Å². The maximum absolute atomic E-state index is 13.7. The Morgan fingerprint density at radius 3 is 2.50 bits per heavy atom. The maximum Gasteiger partial charge on any atom is 0.407 e. The predicted octanol–water partition coefficient (Wildman–Crippen LogP) is 4.62. The lowest BCUT2D eigenvalue weighted by atomic mass is 9.86. The Labute approximate surface area is 200 Å². The van der Waals surface area contributed by atoms with E-state index in [9.17, 15) is 14.0 Å². The number of carbonyl (C=O) groups is 2. The molecule has 1 N–H and O–H groups in total. The van der Waals surface area contributed by atoms with Crippen LogP contribution in [0.15, 0.2) is 48.5 Å². The van der Waals surface area contributed by atoms with Crippen LogP contribution in [0.25, 0.3) is 0 Å². The predicted molar refractivity (Wildman–Crippen MR) is 127 cm³/mol. The number of hydrogen-bond donors (Lipinski definition) is 1. The topological polar surface area (TPSA) is 67.9 Å². The van der Waals surface area contributed by atoms with Crippen LogP contribution in [0.2, 0.25) is 0 Å². The molecule has 1 saturated heterocycles. The zero-order valence-electron chi connectivity index (χ0n) is 20.2. The first kappa shape index (κ1) is 24.2. The average molecular weight is 469 g/mol. The van der Waals surface area contributed by atoms with Crippen LogP contribution in [0.3, 0.4) is 0 Å². The molecule has 0 unspecified atom stereocenters. The maximum atomic E-state index is 13.7. The van der Waals surface area contributed by atoms with E-state index in [1.165, 1.54) is 17.7 Å². The summed E-state index contributed by atoms with van der Waals surface area (Å²) in [6.07, 6.45) is 0.166. The number of ether oxygens (including phenoxy) is 2. The Hall–Kier alpha value is -2.93. The first-order chi connectivity index (χ1) is 16.1. The minimum absolute atomic E-state index is 0.0385. The van der Waals surface area contributed by atoms with Gasteiger partial charge in [-0.05, 0) is 68.4 Å². The van der Waals surface area contributed by atoms with Crippen molar-refractivity contribution < 1.29 is 23.5 Å². The summed E-state index contributed by atoms with van der Waals surface area (Å²) in [5, 5.41) is 2.87. The molecule has 2 aliphatic heterocycles. The number of alkyl carbamates (subject to hydrolysis) is 1. The van der Waals surface area contributed by atoms with Gasteiger partial charge in [0, 0.05) is 6.54 Å². The second-order valence-electron chi connectivity index (χ2n) is 10.2. The lowest BCUT2D eigenvalue weighted by molar-refractivity contribution is -0.151. The lowest BCUT2D eigenvalue weighted by Gasteiger charge is -2.41. The molecule has 4 atom stereocenters. The fourth-order valence-corrected chi connectivity index (χ4v) is 4.76. The van der Waals surface area contributed by atoms with E-state index < -0.39 is 17.8 Å². The van der Waals surface area contributed by atoms with Crippen molar-refractivity contribution in [2.45, 2.75) is 64.3 Å². The highest BCUT2D eigenvalue weighted by atomic mass is 19.1. The van der Waals surface area contributed by atoms with Crippen molar-refractivity contribution in [3.8, 4) is 0 Å². The molecule has 2 heterocycles. The van der Waals surface area contributed by atoms with Crippen LogP contribution < -0.4 is 5.32 Å². The van der Waals surface area contributed by atoms with Gasteiger partial charge in [0.15, 0.2) is 0 Å². The van der Waals surface area contributed by atoms with Crippen molar-refractivity contribution in [3.05, 3.63) is 71.0 Å². The number of rotatable bonds is 3. The summed E-state index contributed by atoms with van der Waals surface area (Å²) in [6, 6.07) is 13.9. The minimum Gasteiger partial charge on any atom is -0.444 e. The molecule has 0 aromatic heterocycles. The summed E-state index contributed by atoms with van der Waals surface area (Å²) < 4.78 is 25.0. The summed E-state index contributed by atoms with van der Waals surface area (Å²) in [4.78, 5) is 27.7. The molecule has 1 fully saturated rings.